The van der Waals surface area contributed by atoms with Crippen LogP contribution in [0.4, 0.5) is 0 Å². The first-order valence-corrected chi connectivity index (χ1v) is 7.35. The van der Waals surface area contributed by atoms with Gasteiger partial charge in [0.1, 0.15) is 5.75 Å². The number of amides is 1. The Morgan fingerprint density at radius 3 is 2.67 bits per heavy atom. The zero-order valence-corrected chi connectivity index (χ0v) is 11.9. The molecule has 1 rings (SSSR count). The van der Waals surface area contributed by atoms with Crippen molar-refractivity contribution in [1.29, 1.82) is 0 Å². The van der Waals surface area contributed by atoms with Gasteiger partial charge < -0.3 is 10.0 Å². The molecule has 1 aromatic carbocycles. The average molecular weight is 267 g/mol. The quantitative estimate of drug-likeness (QED) is 0.609. The summed E-state index contributed by atoms with van der Waals surface area (Å²) in [5.41, 5.74) is 0. The van der Waals surface area contributed by atoms with Gasteiger partial charge in [0.15, 0.2) is 0 Å². The Kier molecular flexibility index (Phi) is 6.65. The van der Waals surface area contributed by atoms with Gasteiger partial charge in [0.25, 0.3) is 0 Å². The van der Waals surface area contributed by atoms with Gasteiger partial charge in [-0.2, -0.15) is 0 Å². The van der Waals surface area contributed by atoms with Gasteiger partial charge in [-0.3, -0.25) is 4.79 Å². The molecule has 3 nitrogen and oxygen atoms in total. The molecule has 4 heteroatoms. The topological polar surface area (TPSA) is 40.5 Å². The van der Waals surface area contributed by atoms with E-state index in [0.29, 0.717) is 12.2 Å². The molecule has 0 aliphatic carbocycles. The van der Waals surface area contributed by atoms with Crippen LogP contribution in [0, 0.1) is 0 Å². The van der Waals surface area contributed by atoms with Gasteiger partial charge in [-0.25, -0.2) is 0 Å². The number of hydrogen-bond donors (Lipinski definition) is 1. The van der Waals surface area contributed by atoms with Crippen LogP contribution < -0.4 is 0 Å². The molecule has 0 heterocycles. The zero-order chi connectivity index (χ0) is 13.4. The van der Waals surface area contributed by atoms with E-state index in [9.17, 15) is 9.90 Å². The Labute approximate surface area is 113 Å². The SMILES string of the molecule is CCN(CC)C(=O)CCCSc1cccc(O)c1. The molecule has 0 aliphatic heterocycles. The first-order valence-electron chi connectivity index (χ1n) is 6.37. The molecule has 0 saturated carbocycles. The van der Waals surface area contributed by atoms with Crippen LogP contribution in [0.2, 0.25) is 0 Å². The van der Waals surface area contributed by atoms with Crippen LogP contribution in [0.5, 0.6) is 5.75 Å². The number of aromatic hydroxyl groups is 1. The first kappa shape index (κ1) is 14.9. The maximum absolute atomic E-state index is 11.7. The van der Waals surface area contributed by atoms with Crippen LogP contribution >= 0.6 is 11.8 Å². The third-order valence-electron chi connectivity index (χ3n) is 2.74. The van der Waals surface area contributed by atoms with Crippen LogP contribution in [-0.4, -0.2) is 34.8 Å². The molecule has 0 spiro atoms. The molecule has 0 bridgehead atoms. The Morgan fingerprint density at radius 1 is 1.33 bits per heavy atom. The van der Waals surface area contributed by atoms with Crippen molar-refractivity contribution in [1.82, 2.24) is 4.90 Å². The van der Waals surface area contributed by atoms with Gasteiger partial charge in [-0.15, -0.1) is 11.8 Å². The molecule has 1 amide bonds. The van der Waals surface area contributed by atoms with Crippen LogP contribution in [0.15, 0.2) is 29.2 Å². The van der Waals surface area contributed by atoms with Gasteiger partial charge in [-0.1, -0.05) is 6.07 Å². The minimum absolute atomic E-state index is 0.233. The van der Waals surface area contributed by atoms with Crippen molar-refractivity contribution < 1.29 is 9.90 Å². The fourth-order valence-corrected chi connectivity index (χ4v) is 2.62. The summed E-state index contributed by atoms with van der Waals surface area (Å²) in [4.78, 5) is 14.7. The van der Waals surface area contributed by atoms with E-state index < -0.39 is 0 Å². The third kappa shape index (κ3) is 5.00. The van der Waals surface area contributed by atoms with E-state index in [1.807, 2.05) is 30.9 Å². The second kappa shape index (κ2) is 8.03. The molecule has 1 N–H and O–H groups in total. The lowest BCUT2D eigenvalue weighted by atomic mass is 10.3. The minimum atomic E-state index is 0.233. The first-order chi connectivity index (χ1) is 8.67. The number of carbonyl (C=O) groups is 1. The van der Waals surface area contributed by atoms with Crippen molar-refractivity contribution in [2.45, 2.75) is 31.6 Å². The van der Waals surface area contributed by atoms with Gasteiger partial charge in [0.2, 0.25) is 5.91 Å². The summed E-state index contributed by atoms with van der Waals surface area (Å²) in [6, 6.07) is 7.21. The van der Waals surface area contributed by atoms with E-state index in [1.165, 1.54) is 0 Å². The maximum Gasteiger partial charge on any atom is 0.222 e. The smallest absolute Gasteiger partial charge is 0.222 e. The number of carbonyl (C=O) groups excluding carboxylic acids is 1. The van der Waals surface area contributed by atoms with Crippen molar-refractivity contribution in [3.63, 3.8) is 0 Å². The fraction of sp³-hybridized carbons (Fsp3) is 0.500. The zero-order valence-electron chi connectivity index (χ0n) is 11.1. The van der Waals surface area contributed by atoms with Crippen LogP contribution in [0.25, 0.3) is 0 Å². The highest BCUT2D eigenvalue weighted by molar-refractivity contribution is 7.99. The third-order valence-corrected chi connectivity index (χ3v) is 3.82. The fourth-order valence-electron chi connectivity index (χ4n) is 1.72. The summed E-state index contributed by atoms with van der Waals surface area (Å²) < 4.78 is 0. The highest BCUT2D eigenvalue weighted by Crippen LogP contribution is 2.23. The van der Waals surface area contributed by atoms with Gasteiger partial charge >= 0.3 is 0 Å². The Bertz CT molecular complexity index is 378. The number of benzene rings is 1. The Hall–Kier alpha value is -1.16. The lowest BCUT2D eigenvalue weighted by molar-refractivity contribution is -0.130. The average Bonchev–Trinajstić information content (AvgIpc) is 2.36. The van der Waals surface area contributed by atoms with E-state index >= 15 is 0 Å². The van der Waals surface area contributed by atoms with E-state index in [2.05, 4.69) is 0 Å². The second-order valence-corrected chi connectivity index (χ2v) is 5.18. The van der Waals surface area contributed by atoms with Crippen molar-refractivity contribution >= 4 is 17.7 Å². The molecule has 0 aromatic heterocycles. The lowest BCUT2D eigenvalue weighted by Crippen LogP contribution is -2.30. The molecule has 0 atom stereocenters. The molecule has 0 saturated heterocycles. The van der Waals surface area contributed by atoms with Crippen molar-refractivity contribution in [3.05, 3.63) is 24.3 Å². The van der Waals surface area contributed by atoms with Crippen molar-refractivity contribution in [2.24, 2.45) is 0 Å². The monoisotopic (exact) mass is 267 g/mol. The summed E-state index contributed by atoms with van der Waals surface area (Å²) in [6.45, 7) is 5.58. The summed E-state index contributed by atoms with van der Waals surface area (Å²) in [5.74, 6) is 1.42. The molecule has 18 heavy (non-hydrogen) atoms. The van der Waals surface area contributed by atoms with Crippen LogP contribution in [0.3, 0.4) is 0 Å². The molecule has 1 aromatic rings. The van der Waals surface area contributed by atoms with Crippen LogP contribution in [0.1, 0.15) is 26.7 Å². The standard InChI is InChI=1S/C14H21NO2S/c1-3-15(4-2)14(17)9-6-10-18-13-8-5-7-12(16)11-13/h5,7-8,11,16H,3-4,6,9-10H2,1-2H3. The van der Waals surface area contributed by atoms with E-state index in [1.54, 1.807) is 23.9 Å². The normalized spacial score (nSPS) is 10.3. The molecule has 0 fully saturated rings. The highest BCUT2D eigenvalue weighted by Gasteiger charge is 2.08. The molecule has 0 aliphatic rings. The van der Waals surface area contributed by atoms with Gasteiger partial charge in [-0.05, 0) is 44.2 Å². The summed E-state index contributed by atoms with van der Waals surface area (Å²) in [6.07, 6.45) is 1.48. The Morgan fingerprint density at radius 2 is 2.06 bits per heavy atom. The molecule has 0 radical (unpaired) electrons. The van der Waals surface area contributed by atoms with E-state index in [4.69, 9.17) is 0 Å². The molecule has 0 unspecified atom stereocenters. The number of thioether (sulfide) groups is 1. The van der Waals surface area contributed by atoms with Gasteiger partial charge in [0.05, 0.1) is 0 Å². The van der Waals surface area contributed by atoms with Gasteiger partial charge in [0, 0.05) is 24.4 Å². The Balaban J connectivity index is 2.24. The highest BCUT2D eigenvalue weighted by atomic mass is 32.2. The largest absolute Gasteiger partial charge is 0.508 e. The van der Waals surface area contributed by atoms with E-state index in [-0.39, 0.29) is 5.91 Å². The summed E-state index contributed by atoms with van der Waals surface area (Å²) in [7, 11) is 0. The number of nitrogens with zero attached hydrogens (tertiary/aromatic N) is 1. The molecule has 100 valence electrons. The van der Waals surface area contributed by atoms with Crippen molar-refractivity contribution in [3.8, 4) is 5.75 Å². The molecular formula is C14H21NO2S. The number of rotatable bonds is 7. The number of phenols is 1. The minimum Gasteiger partial charge on any atom is -0.508 e. The van der Waals surface area contributed by atoms with E-state index in [0.717, 1.165) is 30.2 Å². The second-order valence-electron chi connectivity index (χ2n) is 4.02. The summed E-state index contributed by atoms with van der Waals surface area (Å²) >= 11 is 1.67. The predicted octanol–water partition coefficient (Wildman–Crippen LogP) is 3.13. The van der Waals surface area contributed by atoms with Crippen LogP contribution in [-0.2, 0) is 4.79 Å². The summed E-state index contributed by atoms with van der Waals surface area (Å²) in [5, 5.41) is 9.32. The number of phenolic OH excluding ortho intramolecular Hbond substituents is 1. The predicted molar refractivity (Wildman–Crippen MR) is 76.0 cm³/mol. The number of hydrogen-bond acceptors (Lipinski definition) is 3. The molecular weight excluding hydrogens is 246 g/mol. The maximum atomic E-state index is 11.7. The lowest BCUT2D eigenvalue weighted by Gasteiger charge is -2.18. The van der Waals surface area contributed by atoms with Crippen molar-refractivity contribution in [2.75, 3.05) is 18.8 Å².